The molecule has 4 atom stereocenters. The number of anilines is 1. The van der Waals surface area contributed by atoms with E-state index >= 15 is 0 Å². The highest BCUT2D eigenvalue weighted by molar-refractivity contribution is 5.83. The molecule has 1 aliphatic heterocycles. The molecule has 0 aromatic carbocycles. The zero-order valence-electron chi connectivity index (χ0n) is 13.4. The Morgan fingerprint density at radius 1 is 1.04 bits per heavy atom. The van der Waals surface area contributed by atoms with Gasteiger partial charge in [0.05, 0.1) is 26.1 Å². The van der Waals surface area contributed by atoms with Crippen LogP contribution in [0.5, 0.6) is 0 Å². The smallest absolute Gasteiger partial charge is 0.167 e. The Labute approximate surface area is 142 Å². The molecule has 1 fully saturated rings. The Bertz CT molecular complexity index is 706. The van der Waals surface area contributed by atoms with Crippen molar-refractivity contribution < 1.29 is 30.3 Å². The van der Waals surface area contributed by atoms with E-state index in [1.54, 1.807) is 4.90 Å². The van der Waals surface area contributed by atoms with Gasteiger partial charge in [-0.25, -0.2) is 15.0 Å². The van der Waals surface area contributed by atoms with Crippen molar-refractivity contribution in [3.05, 3.63) is 12.7 Å². The summed E-state index contributed by atoms with van der Waals surface area (Å²) in [4.78, 5) is 14.3. The fourth-order valence-electron chi connectivity index (χ4n) is 2.93. The summed E-state index contributed by atoms with van der Waals surface area (Å²) in [6.45, 7) is -0.162. The van der Waals surface area contributed by atoms with Gasteiger partial charge in [0, 0.05) is 13.1 Å². The minimum atomic E-state index is -1.25. The Morgan fingerprint density at radius 3 is 2.36 bits per heavy atom. The summed E-state index contributed by atoms with van der Waals surface area (Å²) in [5.41, 5.74) is 0.767. The molecule has 3 heterocycles. The van der Waals surface area contributed by atoms with Crippen molar-refractivity contribution in [1.29, 1.82) is 0 Å². The molecule has 25 heavy (non-hydrogen) atoms. The number of imidazole rings is 1. The maximum atomic E-state index is 10.2. The standard InChI is InChI=1S/C14H21N5O6/c20-3-1-18(2-4-21)12-9-13(16-6-15-12)19(7-17-9)14-11(24)10(23)8(5-22)25-14/h6-8,10-11,14,20-24H,1-5H2. The molecular weight excluding hydrogens is 334 g/mol. The first kappa shape index (κ1) is 17.9. The minimum Gasteiger partial charge on any atom is -0.395 e. The van der Waals surface area contributed by atoms with Crippen LogP contribution in [0.3, 0.4) is 0 Å². The van der Waals surface area contributed by atoms with Gasteiger partial charge in [-0.3, -0.25) is 4.57 Å². The molecule has 0 radical (unpaired) electrons. The molecular formula is C14H21N5O6. The molecule has 0 bridgehead atoms. The van der Waals surface area contributed by atoms with E-state index in [4.69, 9.17) is 4.74 Å². The van der Waals surface area contributed by atoms with Crippen molar-refractivity contribution in [3.63, 3.8) is 0 Å². The van der Waals surface area contributed by atoms with E-state index in [-0.39, 0.29) is 26.3 Å². The van der Waals surface area contributed by atoms with Gasteiger partial charge in [-0.05, 0) is 0 Å². The second-order valence-electron chi connectivity index (χ2n) is 5.68. The number of fused-ring (bicyclic) bond motifs is 1. The zero-order valence-corrected chi connectivity index (χ0v) is 13.4. The second kappa shape index (κ2) is 7.56. The molecule has 1 aliphatic rings. The van der Waals surface area contributed by atoms with Gasteiger partial charge < -0.3 is 35.2 Å². The van der Waals surface area contributed by atoms with Crippen molar-refractivity contribution in [2.24, 2.45) is 0 Å². The van der Waals surface area contributed by atoms with Gasteiger partial charge in [0.1, 0.15) is 24.6 Å². The fraction of sp³-hybridized carbons (Fsp3) is 0.643. The maximum absolute atomic E-state index is 10.2. The number of ether oxygens (including phenoxy) is 1. The number of aliphatic hydroxyl groups is 5. The summed E-state index contributed by atoms with van der Waals surface area (Å²) in [5.74, 6) is 0.429. The number of aliphatic hydroxyl groups excluding tert-OH is 5. The topological polar surface area (TPSA) is 157 Å². The lowest BCUT2D eigenvalue weighted by molar-refractivity contribution is -0.0511. The summed E-state index contributed by atoms with van der Waals surface area (Å²) < 4.78 is 6.96. The van der Waals surface area contributed by atoms with Crippen molar-refractivity contribution in [3.8, 4) is 0 Å². The van der Waals surface area contributed by atoms with Crippen LogP contribution < -0.4 is 4.90 Å². The minimum absolute atomic E-state index is 0.124. The van der Waals surface area contributed by atoms with Gasteiger partial charge in [-0.2, -0.15) is 0 Å². The molecule has 0 saturated carbocycles. The predicted molar refractivity (Wildman–Crippen MR) is 84.7 cm³/mol. The molecule has 3 rings (SSSR count). The lowest BCUT2D eigenvalue weighted by atomic mass is 10.1. The Kier molecular flexibility index (Phi) is 5.42. The van der Waals surface area contributed by atoms with Gasteiger partial charge >= 0.3 is 0 Å². The van der Waals surface area contributed by atoms with Crippen molar-refractivity contribution >= 4 is 17.0 Å². The highest BCUT2D eigenvalue weighted by Crippen LogP contribution is 2.32. The van der Waals surface area contributed by atoms with E-state index in [2.05, 4.69) is 15.0 Å². The number of nitrogens with zero attached hydrogens (tertiary/aromatic N) is 5. The molecule has 1 saturated heterocycles. The Morgan fingerprint density at radius 2 is 1.76 bits per heavy atom. The largest absolute Gasteiger partial charge is 0.395 e. The fourth-order valence-corrected chi connectivity index (χ4v) is 2.93. The molecule has 0 amide bonds. The highest BCUT2D eigenvalue weighted by Gasteiger charge is 2.44. The number of hydrogen-bond donors (Lipinski definition) is 5. The van der Waals surface area contributed by atoms with Crippen LogP contribution in [0.25, 0.3) is 11.2 Å². The van der Waals surface area contributed by atoms with Crippen molar-refractivity contribution in [2.75, 3.05) is 37.8 Å². The molecule has 11 heteroatoms. The van der Waals surface area contributed by atoms with E-state index < -0.39 is 31.1 Å². The van der Waals surface area contributed by atoms with Crippen LogP contribution in [0.4, 0.5) is 5.82 Å². The summed E-state index contributed by atoms with van der Waals surface area (Å²) in [5, 5.41) is 47.7. The SMILES string of the molecule is OCCN(CCO)c1ncnc2c1ncn2C1OC(CO)C(O)C1O. The Balaban J connectivity index is 1.99. The van der Waals surface area contributed by atoms with Crippen LogP contribution in [-0.4, -0.2) is 96.3 Å². The van der Waals surface area contributed by atoms with E-state index in [0.717, 1.165) is 0 Å². The summed E-state index contributed by atoms with van der Waals surface area (Å²) in [6, 6.07) is 0. The van der Waals surface area contributed by atoms with Crippen molar-refractivity contribution in [2.45, 2.75) is 24.5 Å². The molecule has 2 aromatic rings. The predicted octanol–water partition coefficient (Wildman–Crippen LogP) is -2.77. The van der Waals surface area contributed by atoms with Crippen LogP contribution in [0, 0.1) is 0 Å². The molecule has 138 valence electrons. The molecule has 11 nitrogen and oxygen atoms in total. The molecule has 5 N–H and O–H groups in total. The van der Waals surface area contributed by atoms with Crippen LogP contribution in [0.2, 0.25) is 0 Å². The summed E-state index contributed by atoms with van der Waals surface area (Å²) >= 11 is 0. The number of hydrogen-bond acceptors (Lipinski definition) is 10. The van der Waals surface area contributed by atoms with E-state index in [1.165, 1.54) is 17.2 Å². The first-order valence-electron chi connectivity index (χ1n) is 7.89. The van der Waals surface area contributed by atoms with Crippen LogP contribution in [0.1, 0.15) is 6.23 Å². The van der Waals surface area contributed by atoms with E-state index in [0.29, 0.717) is 17.0 Å². The third-order valence-electron chi connectivity index (χ3n) is 4.17. The average Bonchev–Trinajstić information content (AvgIpc) is 3.16. The van der Waals surface area contributed by atoms with Gasteiger partial charge in [-0.1, -0.05) is 0 Å². The molecule has 0 aliphatic carbocycles. The number of rotatable bonds is 7. The van der Waals surface area contributed by atoms with Crippen LogP contribution >= 0.6 is 0 Å². The van der Waals surface area contributed by atoms with Crippen molar-refractivity contribution in [1.82, 2.24) is 19.5 Å². The first-order valence-corrected chi connectivity index (χ1v) is 7.89. The van der Waals surface area contributed by atoms with Gasteiger partial charge in [0.25, 0.3) is 0 Å². The summed E-state index contributed by atoms with van der Waals surface area (Å²) in [6.07, 6.45) is -1.63. The van der Waals surface area contributed by atoms with Gasteiger partial charge in [0.2, 0.25) is 0 Å². The van der Waals surface area contributed by atoms with Crippen LogP contribution in [-0.2, 0) is 4.74 Å². The quantitative estimate of drug-likeness (QED) is 0.352. The Hall–Kier alpha value is -1.89. The number of aromatic nitrogens is 4. The maximum Gasteiger partial charge on any atom is 0.167 e. The molecule has 0 spiro atoms. The monoisotopic (exact) mass is 355 g/mol. The van der Waals surface area contributed by atoms with E-state index in [1.807, 2.05) is 0 Å². The summed E-state index contributed by atoms with van der Waals surface area (Å²) in [7, 11) is 0. The third-order valence-corrected chi connectivity index (χ3v) is 4.17. The normalized spacial score (nSPS) is 26.4. The lowest BCUT2D eigenvalue weighted by Crippen LogP contribution is -2.33. The van der Waals surface area contributed by atoms with Gasteiger partial charge in [-0.15, -0.1) is 0 Å². The highest BCUT2D eigenvalue weighted by atomic mass is 16.6. The third kappa shape index (κ3) is 3.17. The average molecular weight is 355 g/mol. The zero-order chi connectivity index (χ0) is 18.0. The first-order chi connectivity index (χ1) is 12.1. The van der Waals surface area contributed by atoms with Gasteiger partial charge in [0.15, 0.2) is 23.2 Å². The molecule has 4 unspecified atom stereocenters. The van der Waals surface area contributed by atoms with Crippen LogP contribution in [0.15, 0.2) is 12.7 Å². The second-order valence-corrected chi connectivity index (χ2v) is 5.68. The molecule has 2 aromatic heterocycles. The lowest BCUT2D eigenvalue weighted by Gasteiger charge is -2.22. The van der Waals surface area contributed by atoms with E-state index in [9.17, 15) is 25.5 Å².